The molecule has 2 fully saturated rings. The van der Waals surface area contributed by atoms with Gasteiger partial charge in [-0.1, -0.05) is 42.4 Å². The fraction of sp³-hybridized carbons (Fsp3) is 0.414. The Kier molecular flexibility index (Phi) is 6.51. The highest BCUT2D eigenvalue weighted by molar-refractivity contribution is 5.91. The third-order valence-corrected chi connectivity index (χ3v) is 7.91. The summed E-state index contributed by atoms with van der Waals surface area (Å²) in [6.07, 6.45) is 0.230. The maximum absolute atomic E-state index is 15.5. The molecule has 3 unspecified atom stereocenters. The summed E-state index contributed by atoms with van der Waals surface area (Å²) in [6, 6.07) is 12.5. The van der Waals surface area contributed by atoms with Crippen LogP contribution in [0.1, 0.15) is 61.6 Å². The molecule has 0 bridgehead atoms. The summed E-state index contributed by atoms with van der Waals surface area (Å²) in [6.45, 7) is 7.69. The summed E-state index contributed by atoms with van der Waals surface area (Å²) < 4.78 is 32.5. The first kappa shape index (κ1) is 25.9. The molecule has 1 aliphatic carbocycles. The van der Waals surface area contributed by atoms with Crippen LogP contribution in [-0.4, -0.2) is 34.5 Å². The van der Waals surface area contributed by atoms with Gasteiger partial charge in [0.2, 0.25) is 0 Å². The molecule has 4 atom stereocenters. The smallest absolute Gasteiger partial charge is 0.412 e. The molecule has 2 N–H and O–H groups in total. The zero-order valence-electron chi connectivity index (χ0n) is 21.8. The number of carboxylic acids is 1. The van der Waals surface area contributed by atoms with Crippen molar-refractivity contribution in [3.05, 3.63) is 70.7 Å². The van der Waals surface area contributed by atoms with Gasteiger partial charge in [-0.2, -0.15) is 0 Å². The van der Waals surface area contributed by atoms with Crippen molar-refractivity contribution in [1.82, 2.24) is 5.16 Å². The molecular weight excluding hydrogens is 491 g/mol. The number of hydrogen-bond acceptors (Lipinski definition) is 6. The Morgan fingerprint density at radius 2 is 2.00 bits per heavy atom. The zero-order valence-corrected chi connectivity index (χ0v) is 21.8. The summed E-state index contributed by atoms with van der Waals surface area (Å²) in [5.41, 5.74) is 2.41. The van der Waals surface area contributed by atoms with Gasteiger partial charge < -0.3 is 19.1 Å². The number of anilines is 1. The Morgan fingerprint density at radius 1 is 1.24 bits per heavy atom. The molecule has 1 saturated carbocycles. The van der Waals surface area contributed by atoms with Crippen LogP contribution in [0.25, 0.3) is 11.3 Å². The van der Waals surface area contributed by atoms with E-state index in [1.807, 2.05) is 44.2 Å². The van der Waals surface area contributed by atoms with Crippen molar-refractivity contribution in [3.63, 3.8) is 0 Å². The van der Waals surface area contributed by atoms with Crippen LogP contribution in [0.4, 0.5) is 14.9 Å². The quantitative estimate of drug-likeness (QED) is 0.374. The van der Waals surface area contributed by atoms with E-state index in [2.05, 4.69) is 10.5 Å². The number of nitrogens with zero attached hydrogens (tertiary/aromatic N) is 1. The molecular formula is C29H31FN2O6. The van der Waals surface area contributed by atoms with Crippen molar-refractivity contribution in [2.24, 2.45) is 5.92 Å². The number of nitrogens with one attached hydrogen (secondary N) is 1. The average Bonchev–Trinajstić information content (AvgIpc) is 3.43. The van der Waals surface area contributed by atoms with Crippen molar-refractivity contribution in [1.29, 1.82) is 0 Å². The van der Waals surface area contributed by atoms with Gasteiger partial charge in [-0.15, -0.1) is 0 Å². The second kappa shape index (κ2) is 9.54. The van der Waals surface area contributed by atoms with E-state index in [1.54, 1.807) is 19.9 Å². The van der Waals surface area contributed by atoms with Crippen LogP contribution in [0.15, 0.2) is 47.0 Å². The monoisotopic (exact) mass is 522 g/mol. The van der Waals surface area contributed by atoms with Gasteiger partial charge in [0.25, 0.3) is 0 Å². The molecule has 1 aromatic heterocycles. The Bertz CT molecular complexity index is 1400. The third kappa shape index (κ3) is 4.78. The molecule has 8 nitrogen and oxygen atoms in total. The largest absolute Gasteiger partial charge is 0.481 e. The van der Waals surface area contributed by atoms with Crippen LogP contribution in [0.5, 0.6) is 0 Å². The minimum atomic E-state index is -0.869. The predicted octanol–water partition coefficient (Wildman–Crippen LogP) is 6.32. The summed E-state index contributed by atoms with van der Waals surface area (Å²) in [5.74, 6) is -1.16. The van der Waals surface area contributed by atoms with E-state index < -0.39 is 35.0 Å². The van der Waals surface area contributed by atoms with Gasteiger partial charge in [-0.3, -0.25) is 10.1 Å². The normalized spacial score (nSPS) is 24.8. The minimum Gasteiger partial charge on any atom is -0.481 e. The topological polar surface area (TPSA) is 111 Å². The van der Waals surface area contributed by atoms with Gasteiger partial charge in [0.05, 0.1) is 24.2 Å². The van der Waals surface area contributed by atoms with E-state index in [4.69, 9.17) is 14.0 Å². The molecule has 0 spiro atoms. The molecule has 9 heteroatoms. The summed E-state index contributed by atoms with van der Waals surface area (Å²) in [7, 11) is 0. The van der Waals surface area contributed by atoms with Gasteiger partial charge in [-0.25, -0.2) is 9.18 Å². The standard InChI is InChI=1S/C29H31FN2O6/c1-16-7-5-6-8-21(16)18(3)37-27(35)31-25-17(2)32-38-26(25)22-10-9-19(11-23(22)30)28(4)12-20-13-29(20,36-15-28)14-24(33)34/h5-11,18,20H,12-15H2,1-4H3,(H,31,35)(H,33,34)/t18-,20?,28?,29?/m1/s1. The number of aryl methyl sites for hydroxylation is 2. The van der Waals surface area contributed by atoms with Crippen LogP contribution >= 0.6 is 0 Å². The van der Waals surface area contributed by atoms with Crippen LogP contribution in [-0.2, 0) is 19.7 Å². The van der Waals surface area contributed by atoms with Crippen molar-refractivity contribution in [3.8, 4) is 11.3 Å². The van der Waals surface area contributed by atoms with Crippen molar-refractivity contribution >= 4 is 17.7 Å². The number of ether oxygens (including phenoxy) is 2. The van der Waals surface area contributed by atoms with Gasteiger partial charge in [-0.05, 0) is 68.4 Å². The molecule has 5 rings (SSSR count). The van der Waals surface area contributed by atoms with E-state index in [1.165, 1.54) is 6.07 Å². The lowest BCUT2D eigenvalue weighted by Crippen LogP contribution is -2.39. The van der Waals surface area contributed by atoms with E-state index >= 15 is 4.39 Å². The van der Waals surface area contributed by atoms with Crippen molar-refractivity contribution < 1.29 is 33.1 Å². The highest BCUT2D eigenvalue weighted by Gasteiger charge is 2.62. The van der Waals surface area contributed by atoms with E-state index in [0.717, 1.165) is 23.1 Å². The number of carbonyl (C=O) groups excluding carboxylic acids is 1. The lowest BCUT2D eigenvalue weighted by Gasteiger charge is -2.37. The summed E-state index contributed by atoms with van der Waals surface area (Å²) in [4.78, 5) is 23.9. The second-order valence-corrected chi connectivity index (χ2v) is 10.8. The first-order valence-corrected chi connectivity index (χ1v) is 12.7. The van der Waals surface area contributed by atoms with Crippen LogP contribution in [0.2, 0.25) is 0 Å². The maximum atomic E-state index is 15.5. The average molecular weight is 523 g/mol. The first-order valence-electron chi connectivity index (χ1n) is 12.7. The molecule has 200 valence electrons. The lowest BCUT2D eigenvalue weighted by atomic mass is 9.76. The predicted molar refractivity (Wildman–Crippen MR) is 137 cm³/mol. The summed E-state index contributed by atoms with van der Waals surface area (Å²) in [5, 5.41) is 15.8. The number of hydrogen-bond donors (Lipinski definition) is 2. The highest BCUT2D eigenvalue weighted by Crippen LogP contribution is 2.59. The van der Waals surface area contributed by atoms with Gasteiger partial charge in [0.15, 0.2) is 5.76 Å². The van der Waals surface area contributed by atoms with Gasteiger partial charge in [0, 0.05) is 5.41 Å². The lowest BCUT2D eigenvalue weighted by molar-refractivity contribution is -0.143. The van der Waals surface area contributed by atoms with E-state index in [9.17, 15) is 14.7 Å². The number of carbonyl (C=O) groups is 2. The molecule has 0 radical (unpaired) electrons. The number of carboxylic acid groups (broad SMARTS) is 1. The number of aliphatic carboxylic acids is 1. The Labute approximate surface area is 220 Å². The molecule has 3 aromatic rings. The molecule has 1 amide bonds. The number of amides is 1. The van der Waals surface area contributed by atoms with Crippen LogP contribution in [0.3, 0.4) is 0 Å². The van der Waals surface area contributed by atoms with Gasteiger partial charge in [0.1, 0.15) is 23.3 Å². The molecule has 1 aliphatic heterocycles. The molecule has 2 aliphatic rings. The first-order chi connectivity index (χ1) is 18.0. The Hall–Kier alpha value is -3.72. The van der Waals surface area contributed by atoms with Crippen molar-refractivity contribution in [2.45, 2.75) is 64.1 Å². The SMILES string of the molecule is Cc1ccccc1[C@@H](C)OC(=O)Nc1c(C)noc1-c1ccc(C2(C)COC3(CC(=O)O)CC3C2)cc1F. The fourth-order valence-electron chi connectivity index (χ4n) is 5.60. The number of aromatic nitrogens is 1. The molecule has 1 saturated heterocycles. The number of benzene rings is 2. The molecule has 2 aromatic carbocycles. The second-order valence-electron chi connectivity index (χ2n) is 10.8. The number of fused-ring (bicyclic) bond motifs is 1. The highest BCUT2D eigenvalue weighted by atomic mass is 19.1. The Morgan fingerprint density at radius 3 is 2.68 bits per heavy atom. The summed E-state index contributed by atoms with van der Waals surface area (Å²) >= 11 is 0. The minimum absolute atomic E-state index is 0.00612. The molecule has 2 heterocycles. The number of rotatable bonds is 7. The van der Waals surface area contributed by atoms with E-state index in [0.29, 0.717) is 18.7 Å². The van der Waals surface area contributed by atoms with Gasteiger partial charge >= 0.3 is 12.1 Å². The number of halogens is 1. The van der Waals surface area contributed by atoms with Crippen molar-refractivity contribution in [2.75, 3.05) is 11.9 Å². The molecule has 38 heavy (non-hydrogen) atoms. The fourth-order valence-corrected chi connectivity index (χ4v) is 5.60. The maximum Gasteiger partial charge on any atom is 0.412 e. The zero-order chi connectivity index (χ0) is 27.2. The third-order valence-electron chi connectivity index (χ3n) is 7.91. The van der Waals surface area contributed by atoms with E-state index in [-0.39, 0.29) is 29.3 Å². The Balaban J connectivity index is 1.32. The van der Waals surface area contributed by atoms with Crippen LogP contribution in [0, 0.1) is 25.6 Å². The van der Waals surface area contributed by atoms with Crippen LogP contribution < -0.4 is 5.32 Å².